The predicted octanol–water partition coefficient (Wildman–Crippen LogP) is 4.58. The Morgan fingerprint density at radius 2 is 1.36 bits per heavy atom. The van der Waals surface area contributed by atoms with Gasteiger partial charge >= 0.3 is 11.8 Å². The van der Waals surface area contributed by atoms with E-state index in [1.807, 2.05) is 0 Å². The number of hydrogen-bond acceptors (Lipinski definition) is 2. The lowest BCUT2D eigenvalue weighted by Gasteiger charge is -2.34. The van der Waals surface area contributed by atoms with Crippen molar-refractivity contribution in [2.75, 3.05) is 18.1 Å². The molecule has 0 bridgehead atoms. The molecular formula is C13H8F10OS. The van der Waals surface area contributed by atoms with Crippen molar-refractivity contribution >= 4 is 11.8 Å². The molecule has 1 heterocycles. The molecule has 2 atom stereocenters. The van der Waals surface area contributed by atoms with Crippen molar-refractivity contribution in [3.05, 3.63) is 34.6 Å². The molecule has 2 unspecified atom stereocenters. The average molecular weight is 402 g/mol. The van der Waals surface area contributed by atoms with Crippen LogP contribution in [0, 0.1) is 29.1 Å². The van der Waals surface area contributed by atoms with Crippen molar-refractivity contribution in [1.29, 1.82) is 0 Å². The lowest BCUT2D eigenvalue weighted by Crippen LogP contribution is -2.53. The van der Waals surface area contributed by atoms with Crippen LogP contribution in [-0.4, -0.2) is 36.3 Å². The first kappa shape index (κ1) is 20.1. The van der Waals surface area contributed by atoms with E-state index in [1.165, 1.54) is 0 Å². The van der Waals surface area contributed by atoms with Gasteiger partial charge in [0.1, 0.15) is 11.7 Å². The molecule has 1 nitrogen and oxygen atoms in total. The Labute approximate surface area is 138 Å². The summed E-state index contributed by atoms with van der Waals surface area (Å²) < 4.78 is 140. The standard InChI is InChI=1S/C13H8F10OS/c14-6-5(7(15)9(17)10(18)8(6)16)13(22,23)11(19)12(20,21)4-3-25-2-1-24-4/h4,11H,1-3H2. The Balaban J connectivity index is 2.51. The average Bonchev–Trinajstić information content (AvgIpc) is 2.58. The van der Waals surface area contributed by atoms with E-state index in [0.717, 1.165) is 11.8 Å². The second-order valence-corrected chi connectivity index (χ2v) is 6.19. The van der Waals surface area contributed by atoms with Crippen LogP contribution in [0.1, 0.15) is 5.56 Å². The minimum atomic E-state index is -5.71. The summed E-state index contributed by atoms with van der Waals surface area (Å²) in [5, 5.41) is 0. The third-order valence-electron chi connectivity index (χ3n) is 3.44. The maximum absolute atomic E-state index is 14.0. The van der Waals surface area contributed by atoms with Gasteiger partial charge < -0.3 is 4.74 Å². The van der Waals surface area contributed by atoms with Gasteiger partial charge in [0, 0.05) is 11.5 Å². The van der Waals surface area contributed by atoms with Crippen molar-refractivity contribution in [2.45, 2.75) is 24.1 Å². The Morgan fingerprint density at radius 1 is 0.880 bits per heavy atom. The van der Waals surface area contributed by atoms with Gasteiger partial charge in [0.15, 0.2) is 23.3 Å². The minimum absolute atomic E-state index is 0.234. The Morgan fingerprint density at radius 3 is 1.80 bits per heavy atom. The second kappa shape index (κ2) is 6.86. The summed E-state index contributed by atoms with van der Waals surface area (Å²) in [7, 11) is 0. The number of alkyl halides is 5. The van der Waals surface area contributed by atoms with Gasteiger partial charge in [-0.3, -0.25) is 0 Å². The van der Waals surface area contributed by atoms with Gasteiger partial charge in [0.25, 0.3) is 0 Å². The van der Waals surface area contributed by atoms with Crippen molar-refractivity contribution in [2.24, 2.45) is 0 Å². The molecule has 1 fully saturated rings. The Bertz CT molecular complexity index is 630. The van der Waals surface area contributed by atoms with Gasteiger partial charge in [-0.15, -0.1) is 0 Å². The highest BCUT2D eigenvalue weighted by molar-refractivity contribution is 7.99. The quantitative estimate of drug-likeness (QED) is 0.414. The summed E-state index contributed by atoms with van der Waals surface area (Å²) in [4.78, 5) is 0. The van der Waals surface area contributed by atoms with Crippen LogP contribution in [0.2, 0.25) is 0 Å². The number of benzene rings is 1. The van der Waals surface area contributed by atoms with E-state index in [4.69, 9.17) is 0 Å². The van der Waals surface area contributed by atoms with Gasteiger partial charge in [-0.05, 0) is 0 Å². The lowest BCUT2D eigenvalue weighted by molar-refractivity contribution is -0.231. The van der Waals surface area contributed by atoms with Gasteiger partial charge in [-0.2, -0.15) is 20.5 Å². The first-order chi connectivity index (χ1) is 11.4. The van der Waals surface area contributed by atoms with E-state index in [0.29, 0.717) is 0 Å². The number of halogens is 10. The van der Waals surface area contributed by atoms with E-state index < -0.39 is 64.5 Å². The number of thioether (sulfide) groups is 1. The fraction of sp³-hybridized carbons (Fsp3) is 0.538. The van der Waals surface area contributed by atoms with Crippen molar-refractivity contribution in [1.82, 2.24) is 0 Å². The Hall–Kier alpha value is -1.17. The molecule has 1 aliphatic rings. The van der Waals surface area contributed by atoms with Gasteiger partial charge in [-0.25, -0.2) is 35.1 Å². The van der Waals surface area contributed by atoms with E-state index in [-0.39, 0.29) is 12.4 Å². The summed E-state index contributed by atoms with van der Waals surface area (Å²) in [6, 6.07) is 0. The first-order valence-electron chi connectivity index (χ1n) is 6.55. The molecule has 0 saturated carbocycles. The van der Waals surface area contributed by atoms with Crippen LogP contribution >= 0.6 is 11.8 Å². The summed E-state index contributed by atoms with van der Waals surface area (Å²) in [5.74, 6) is -25.6. The number of ether oxygens (including phenoxy) is 1. The van der Waals surface area contributed by atoms with E-state index >= 15 is 0 Å². The van der Waals surface area contributed by atoms with E-state index in [9.17, 15) is 43.9 Å². The first-order valence-corrected chi connectivity index (χ1v) is 7.70. The SMILES string of the molecule is Fc1c(F)c(F)c(C(F)(F)C(F)C(F)(F)C2CSCCO2)c(F)c1F. The topological polar surface area (TPSA) is 9.23 Å². The number of hydrogen-bond donors (Lipinski definition) is 0. The van der Waals surface area contributed by atoms with Crippen LogP contribution in [0.25, 0.3) is 0 Å². The molecule has 25 heavy (non-hydrogen) atoms. The molecule has 2 rings (SSSR count). The molecule has 1 aromatic rings. The molecule has 0 aliphatic carbocycles. The zero-order valence-electron chi connectivity index (χ0n) is 11.9. The molecule has 1 saturated heterocycles. The highest BCUT2D eigenvalue weighted by Gasteiger charge is 2.63. The van der Waals surface area contributed by atoms with Crippen LogP contribution in [0.4, 0.5) is 43.9 Å². The second-order valence-electron chi connectivity index (χ2n) is 5.04. The smallest absolute Gasteiger partial charge is 0.315 e. The number of rotatable bonds is 4. The van der Waals surface area contributed by atoms with Gasteiger partial charge in [0.05, 0.1) is 6.61 Å². The van der Waals surface area contributed by atoms with Gasteiger partial charge in [0.2, 0.25) is 12.0 Å². The van der Waals surface area contributed by atoms with Crippen LogP contribution in [0.3, 0.4) is 0 Å². The Kier molecular flexibility index (Phi) is 5.53. The molecule has 1 aliphatic heterocycles. The molecular weight excluding hydrogens is 394 g/mol. The molecule has 12 heteroatoms. The predicted molar refractivity (Wildman–Crippen MR) is 67.0 cm³/mol. The van der Waals surface area contributed by atoms with Crippen LogP contribution in [0.15, 0.2) is 0 Å². The van der Waals surface area contributed by atoms with E-state index in [1.54, 1.807) is 0 Å². The van der Waals surface area contributed by atoms with Crippen LogP contribution in [-0.2, 0) is 10.7 Å². The largest absolute Gasteiger partial charge is 0.370 e. The summed E-state index contributed by atoms with van der Waals surface area (Å²) in [6.45, 7) is -0.314. The maximum Gasteiger partial charge on any atom is 0.315 e. The fourth-order valence-corrected chi connectivity index (χ4v) is 3.05. The molecule has 0 amide bonds. The van der Waals surface area contributed by atoms with Crippen LogP contribution < -0.4 is 0 Å². The molecule has 1 aromatic carbocycles. The maximum atomic E-state index is 14.0. The molecule has 0 N–H and O–H groups in total. The highest BCUT2D eigenvalue weighted by Crippen LogP contribution is 2.46. The van der Waals surface area contributed by atoms with Crippen molar-refractivity contribution < 1.29 is 48.6 Å². The summed E-state index contributed by atoms with van der Waals surface area (Å²) >= 11 is 0.833. The van der Waals surface area contributed by atoms with Crippen molar-refractivity contribution in [3.63, 3.8) is 0 Å². The summed E-state index contributed by atoms with van der Waals surface area (Å²) in [5.41, 5.74) is -2.96. The zero-order valence-corrected chi connectivity index (χ0v) is 12.7. The lowest BCUT2D eigenvalue weighted by atomic mass is 9.95. The normalized spacial score (nSPS) is 20.6. The molecule has 0 spiro atoms. The van der Waals surface area contributed by atoms with Crippen LogP contribution in [0.5, 0.6) is 0 Å². The highest BCUT2D eigenvalue weighted by atomic mass is 32.2. The fourth-order valence-electron chi connectivity index (χ4n) is 2.14. The minimum Gasteiger partial charge on any atom is -0.370 e. The van der Waals surface area contributed by atoms with Crippen molar-refractivity contribution in [3.8, 4) is 0 Å². The van der Waals surface area contributed by atoms with Gasteiger partial charge in [-0.1, -0.05) is 0 Å². The van der Waals surface area contributed by atoms with E-state index in [2.05, 4.69) is 4.74 Å². The molecule has 0 aromatic heterocycles. The third-order valence-corrected chi connectivity index (χ3v) is 4.44. The molecule has 0 radical (unpaired) electrons. The third kappa shape index (κ3) is 3.29. The monoisotopic (exact) mass is 402 g/mol. The molecule has 142 valence electrons. The summed E-state index contributed by atoms with van der Waals surface area (Å²) in [6.07, 6.45) is -6.94. The zero-order chi connectivity index (χ0) is 19.2.